The second kappa shape index (κ2) is 3.74. The lowest BCUT2D eigenvalue weighted by molar-refractivity contribution is 0.967. The van der Waals surface area contributed by atoms with E-state index in [0.29, 0.717) is 0 Å². The van der Waals surface area contributed by atoms with Gasteiger partial charge in [-0.3, -0.25) is 0 Å². The van der Waals surface area contributed by atoms with Gasteiger partial charge in [-0.05, 0) is 12.1 Å². The maximum Gasteiger partial charge on any atom is 0.108 e. The Morgan fingerprint density at radius 2 is 1.90 bits per heavy atom. The first-order chi connectivity index (χ1) is 4.93. The fraction of sp³-hybridized carbons (Fsp3) is 0.143. The summed E-state index contributed by atoms with van der Waals surface area (Å²) in [6, 6.07) is 9.50. The molecule has 3 heteroatoms. The van der Waals surface area contributed by atoms with Gasteiger partial charge in [0.15, 0.2) is 0 Å². The number of rotatable bonds is 2. The van der Waals surface area contributed by atoms with Gasteiger partial charge in [0, 0.05) is 0 Å². The predicted octanol–water partition coefficient (Wildman–Crippen LogP) is 1.69. The van der Waals surface area contributed by atoms with Crippen molar-refractivity contribution in [1.29, 1.82) is 0 Å². The molecule has 0 atom stereocenters. The monoisotopic (exact) mass is 135 g/mol. The number of hydrogen-bond donors (Lipinski definition) is 1. The van der Waals surface area contributed by atoms with Crippen molar-refractivity contribution in [2.45, 2.75) is 0 Å². The Hall–Kier alpha value is -1.22. The normalized spacial score (nSPS) is 10.5. The maximum absolute atomic E-state index is 5.12. The average Bonchev–Trinajstić information content (AvgIpc) is 2.03. The highest BCUT2D eigenvalue weighted by Gasteiger charge is 1.81. The molecular weight excluding hydrogens is 126 g/mol. The maximum atomic E-state index is 5.12. The largest absolute Gasteiger partial charge is 0.311 e. The van der Waals surface area contributed by atoms with Gasteiger partial charge in [-0.25, -0.2) is 0 Å². The van der Waals surface area contributed by atoms with E-state index in [1.165, 1.54) is 0 Å². The van der Waals surface area contributed by atoms with Crippen LogP contribution in [0.25, 0.3) is 0 Å². The van der Waals surface area contributed by atoms with Gasteiger partial charge < -0.3 is 5.73 Å². The molecule has 52 valence electrons. The van der Waals surface area contributed by atoms with Gasteiger partial charge in [0.25, 0.3) is 0 Å². The summed E-state index contributed by atoms with van der Waals surface area (Å²) in [6.45, 7) is 0.245. The highest BCUT2D eigenvalue weighted by atomic mass is 15.1. The van der Waals surface area contributed by atoms with Crippen molar-refractivity contribution >= 4 is 5.69 Å². The number of azo groups is 1. The molecule has 1 aromatic carbocycles. The molecule has 0 saturated carbocycles. The Morgan fingerprint density at radius 1 is 1.20 bits per heavy atom. The molecule has 0 radical (unpaired) electrons. The third-order valence-electron chi connectivity index (χ3n) is 1.02. The molecule has 0 spiro atoms. The van der Waals surface area contributed by atoms with Gasteiger partial charge in [-0.1, -0.05) is 18.2 Å². The summed E-state index contributed by atoms with van der Waals surface area (Å²) >= 11 is 0. The molecule has 0 aromatic heterocycles. The first-order valence-electron chi connectivity index (χ1n) is 3.06. The molecule has 0 aliphatic carbocycles. The minimum absolute atomic E-state index is 0.245. The standard InChI is InChI=1S/C7H9N3/c8-6-9-10-7-4-2-1-3-5-7/h1-5H,6,8H2. The van der Waals surface area contributed by atoms with Gasteiger partial charge in [0.2, 0.25) is 0 Å². The molecule has 0 saturated heterocycles. The van der Waals surface area contributed by atoms with E-state index in [2.05, 4.69) is 10.2 Å². The molecule has 0 heterocycles. The van der Waals surface area contributed by atoms with E-state index in [9.17, 15) is 0 Å². The zero-order chi connectivity index (χ0) is 7.23. The molecule has 0 unspecified atom stereocenters. The highest BCUT2D eigenvalue weighted by Crippen LogP contribution is 2.08. The summed E-state index contributed by atoms with van der Waals surface area (Å²) in [6.07, 6.45) is 0. The quantitative estimate of drug-likeness (QED) is 0.616. The van der Waals surface area contributed by atoms with Crippen LogP contribution in [0.5, 0.6) is 0 Å². The lowest BCUT2D eigenvalue weighted by Gasteiger charge is -1.87. The van der Waals surface area contributed by atoms with Crippen LogP contribution in [0.3, 0.4) is 0 Å². The zero-order valence-corrected chi connectivity index (χ0v) is 5.57. The van der Waals surface area contributed by atoms with Crippen molar-refractivity contribution in [3.05, 3.63) is 30.3 Å². The molecule has 0 aliphatic rings. The van der Waals surface area contributed by atoms with Crippen LogP contribution in [0.2, 0.25) is 0 Å². The average molecular weight is 135 g/mol. The van der Waals surface area contributed by atoms with Crippen molar-refractivity contribution in [3.63, 3.8) is 0 Å². The Bertz CT molecular complexity index is 205. The summed E-state index contributed by atoms with van der Waals surface area (Å²) in [5.74, 6) is 0. The van der Waals surface area contributed by atoms with Gasteiger partial charge in [-0.15, -0.1) is 0 Å². The first kappa shape index (κ1) is 6.89. The van der Waals surface area contributed by atoms with Crippen molar-refractivity contribution in [3.8, 4) is 0 Å². The van der Waals surface area contributed by atoms with Gasteiger partial charge in [0.1, 0.15) is 6.67 Å². The molecule has 1 rings (SSSR count). The van der Waals surface area contributed by atoms with E-state index in [0.717, 1.165) is 5.69 Å². The molecule has 2 N–H and O–H groups in total. The van der Waals surface area contributed by atoms with Crippen LogP contribution in [0, 0.1) is 0 Å². The molecular formula is C7H9N3. The van der Waals surface area contributed by atoms with E-state index in [1.807, 2.05) is 30.3 Å². The molecule has 3 nitrogen and oxygen atoms in total. The van der Waals surface area contributed by atoms with E-state index < -0.39 is 0 Å². The Balaban J connectivity index is 2.67. The van der Waals surface area contributed by atoms with E-state index in [-0.39, 0.29) is 6.67 Å². The summed E-state index contributed by atoms with van der Waals surface area (Å²) in [5, 5.41) is 7.47. The summed E-state index contributed by atoms with van der Waals surface area (Å²) in [4.78, 5) is 0. The molecule has 1 aromatic rings. The van der Waals surface area contributed by atoms with Gasteiger partial charge in [0.05, 0.1) is 5.69 Å². The minimum Gasteiger partial charge on any atom is -0.311 e. The third-order valence-corrected chi connectivity index (χ3v) is 1.02. The Morgan fingerprint density at radius 3 is 2.50 bits per heavy atom. The van der Waals surface area contributed by atoms with Crippen LogP contribution in [-0.4, -0.2) is 6.67 Å². The fourth-order valence-electron chi connectivity index (χ4n) is 0.617. The van der Waals surface area contributed by atoms with E-state index in [4.69, 9.17) is 5.73 Å². The van der Waals surface area contributed by atoms with Crippen molar-refractivity contribution in [2.75, 3.05) is 6.67 Å². The van der Waals surface area contributed by atoms with Gasteiger partial charge >= 0.3 is 0 Å². The number of nitrogens with zero attached hydrogens (tertiary/aromatic N) is 2. The molecule has 0 aliphatic heterocycles. The SMILES string of the molecule is NCN=Nc1ccccc1. The summed E-state index contributed by atoms with van der Waals surface area (Å²) in [7, 11) is 0. The molecule has 0 fully saturated rings. The highest BCUT2D eigenvalue weighted by molar-refractivity contribution is 5.34. The van der Waals surface area contributed by atoms with E-state index >= 15 is 0 Å². The Labute approximate surface area is 59.6 Å². The van der Waals surface area contributed by atoms with Crippen LogP contribution in [0.1, 0.15) is 0 Å². The lowest BCUT2D eigenvalue weighted by Crippen LogP contribution is -1.91. The van der Waals surface area contributed by atoms with Crippen molar-refractivity contribution in [1.82, 2.24) is 0 Å². The molecule has 0 amide bonds. The Kier molecular flexibility index (Phi) is 2.58. The molecule has 10 heavy (non-hydrogen) atoms. The van der Waals surface area contributed by atoms with Gasteiger partial charge in [-0.2, -0.15) is 10.2 Å². The molecule has 0 bridgehead atoms. The number of nitrogens with two attached hydrogens (primary N) is 1. The topological polar surface area (TPSA) is 50.7 Å². The predicted molar refractivity (Wildman–Crippen MR) is 40.0 cm³/mol. The number of benzene rings is 1. The summed E-state index contributed by atoms with van der Waals surface area (Å²) in [5.41, 5.74) is 5.96. The van der Waals surface area contributed by atoms with Crippen LogP contribution in [-0.2, 0) is 0 Å². The van der Waals surface area contributed by atoms with Crippen LogP contribution in [0.4, 0.5) is 5.69 Å². The number of hydrogen-bond acceptors (Lipinski definition) is 3. The van der Waals surface area contributed by atoms with Crippen LogP contribution < -0.4 is 5.73 Å². The third kappa shape index (κ3) is 1.95. The van der Waals surface area contributed by atoms with Crippen molar-refractivity contribution in [2.24, 2.45) is 16.0 Å². The van der Waals surface area contributed by atoms with Crippen LogP contribution in [0.15, 0.2) is 40.6 Å². The second-order valence-corrected chi connectivity index (χ2v) is 1.76. The second-order valence-electron chi connectivity index (χ2n) is 1.76. The first-order valence-corrected chi connectivity index (χ1v) is 3.06. The fourth-order valence-corrected chi connectivity index (χ4v) is 0.617. The van der Waals surface area contributed by atoms with Crippen LogP contribution >= 0.6 is 0 Å². The lowest BCUT2D eigenvalue weighted by atomic mass is 10.3. The smallest absolute Gasteiger partial charge is 0.108 e. The van der Waals surface area contributed by atoms with Crippen molar-refractivity contribution < 1.29 is 0 Å². The van der Waals surface area contributed by atoms with E-state index in [1.54, 1.807) is 0 Å². The summed E-state index contributed by atoms with van der Waals surface area (Å²) < 4.78 is 0. The zero-order valence-electron chi connectivity index (χ0n) is 5.57. The minimum atomic E-state index is 0.245.